The van der Waals surface area contributed by atoms with Crippen LogP contribution >= 0.6 is 11.8 Å². The minimum atomic E-state index is -0.196. The number of nitrogens with one attached hydrogen (secondary N) is 2. The third-order valence-corrected chi connectivity index (χ3v) is 5.55. The number of hydrogen-bond acceptors (Lipinski definition) is 4. The van der Waals surface area contributed by atoms with Gasteiger partial charge in [0.25, 0.3) is 5.91 Å². The Bertz CT molecular complexity index is 819. The monoisotopic (exact) mass is 398 g/mol. The molecule has 0 aliphatic carbocycles. The van der Waals surface area contributed by atoms with Crippen LogP contribution < -0.4 is 10.6 Å². The Balaban J connectivity index is 1.50. The quantitative estimate of drug-likeness (QED) is 0.710. The maximum atomic E-state index is 12.5. The van der Waals surface area contributed by atoms with Crippen molar-refractivity contribution in [2.24, 2.45) is 0 Å². The number of benzene rings is 2. The number of para-hydroxylation sites is 1. The molecule has 2 aromatic rings. The normalized spacial score (nSPS) is 16.0. The second-order valence-electron chi connectivity index (χ2n) is 6.92. The molecule has 2 N–H and O–H groups in total. The summed E-state index contributed by atoms with van der Waals surface area (Å²) in [6.45, 7) is 3.31. The zero-order valence-corrected chi connectivity index (χ0v) is 16.9. The van der Waals surface area contributed by atoms with Gasteiger partial charge in [-0.3, -0.25) is 9.59 Å². The molecule has 1 heterocycles. The van der Waals surface area contributed by atoms with Gasteiger partial charge in [-0.25, -0.2) is 0 Å². The van der Waals surface area contributed by atoms with E-state index in [0.29, 0.717) is 23.5 Å². The van der Waals surface area contributed by atoms with Gasteiger partial charge in [0.05, 0.1) is 23.1 Å². The van der Waals surface area contributed by atoms with Crippen molar-refractivity contribution in [3.63, 3.8) is 0 Å². The van der Waals surface area contributed by atoms with E-state index in [1.54, 1.807) is 30.0 Å². The number of carbonyl (C=O) groups excluding carboxylic acids is 2. The molecule has 1 atom stereocenters. The van der Waals surface area contributed by atoms with Crippen LogP contribution in [0.1, 0.15) is 34.3 Å². The summed E-state index contributed by atoms with van der Waals surface area (Å²) in [5.74, 6) is 0.800. The van der Waals surface area contributed by atoms with Crippen molar-refractivity contribution in [1.82, 2.24) is 5.32 Å². The van der Waals surface area contributed by atoms with Crippen LogP contribution in [0.3, 0.4) is 0 Å². The van der Waals surface area contributed by atoms with Crippen molar-refractivity contribution in [3.8, 4) is 0 Å². The maximum Gasteiger partial charge on any atom is 0.253 e. The van der Waals surface area contributed by atoms with Gasteiger partial charge in [-0.2, -0.15) is 0 Å². The molecular weight excluding hydrogens is 372 g/mol. The smallest absolute Gasteiger partial charge is 0.253 e. The number of rotatable bonds is 8. The Labute approximate surface area is 170 Å². The van der Waals surface area contributed by atoms with E-state index >= 15 is 0 Å². The molecule has 5 nitrogen and oxygen atoms in total. The maximum absolute atomic E-state index is 12.5. The molecule has 1 fully saturated rings. The molecule has 1 aliphatic rings. The van der Waals surface area contributed by atoms with Crippen molar-refractivity contribution in [2.45, 2.75) is 31.6 Å². The summed E-state index contributed by atoms with van der Waals surface area (Å²) >= 11 is 1.55. The van der Waals surface area contributed by atoms with Gasteiger partial charge < -0.3 is 15.4 Å². The second kappa shape index (κ2) is 10.3. The Kier molecular flexibility index (Phi) is 7.51. The molecule has 1 aliphatic heterocycles. The van der Waals surface area contributed by atoms with Crippen molar-refractivity contribution in [3.05, 3.63) is 65.2 Å². The lowest BCUT2D eigenvalue weighted by atomic mass is 10.1. The summed E-state index contributed by atoms with van der Waals surface area (Å²) in [4.78, 5) is 24.8. The van der Waals surface area contributed by atoms with Crippen LogP contribution in [0.25, 0.3) is 0 Å². The van der Waals surface area contributed by atoms with E-state index in [1.165, 1.54) is 11.1 Å². The third kappa shape index (κ3) is 6.11. The first-order chi connectivity index (χ1) is 13.6. The van der Waals surface area contributed by atoms with Gasteiger partial charge >= 0.3 is 0 Å². The Morgan fingerprint density at radius 3 is 2.82 bits per heavy atom. The van der Waals surface area contributed by atoms with Gasteiger partial charge in [0.1, 0.15) is 0 Å². The number of amides is 2. The predicted octanol–water partition coefficient (Wildman–Crippen LogP) is 3.78. The molecule has 0 radical (unpaired) electrons. The lowest BCUT2D eigenvalue weighted by molar-refractivity contribution is -0.113. The van der Waals surface area contributed by atoms with Crippen molar-refractivity contribution < 1.29 is 14.3 Å². The van der Waals surface area contributed by atoms with Crippen LogP contribution in [-0.4, -0.2) is 36.8 Å². The highest BCUT2D eigenvalue weighted by Gasteiger charge is 2.18. The SMILES string of the molecule is Cc1cccc(CSCC(=O)Nc2ccccc2C(=O)NCC2CCCO2)c1. The summed E-state index contributed by atoms with van der Waals surface area (Å²) in [5.41, 5.74) is 3.42. The Morgan fingerprint density at radius 1 is 1.18 bits per heavy atom. The van der Waals surface area contributed by atoms with E-state index in [2.05, 4.69) is 35.8 Å². The first kappa shape index (κ1) is 20.4. The van der Waals surface area contributed by atoms with Crippen molar-refractivity contribution in [2.75, 3.05) is 24.2 Å². The molecule has 0 aromatic heterocycles. The molecule has 6 heteroatoms. The number of carbonyl (C=O) groups is 2. The molecule has 2 aromatic carbocycles. The fourth-order valence-corrected chi connectivity index (χ4v) is 3.92. The average Bonchev–Trinajstić information content (AvgIpc) is 3.20. The van der Waals surface area contributed by atoms with E-state index in [1.807, 2.05) is 12.1 Å². The number of thioether (sulfide) groups is 1. The van der Waals surface area contributed by atoms with E-state index in [4.69, 9.17) is 4.74 Å². The van der Waals surface area contributed by atoms with Crippen LogP contribution in [0, 0.1) is 6.92 Å². The molecule has 1 saturated heterocycles. The summed E-state index contributed by atoms with van der Waals surface area (Å²) in [6.07, 6.45) is 2.09. The zero-order valence-electron chi connectivity index (χ0n) is 16.1. The number of anilines is 1. The van der Waals surface area contributed by atoms with Crippen LogP contribution in [-0.2, 0) is 15.3 Å². The lowest BCUT2D eigenvalue weighted by Crippen LogP contribution is -2.32. The second-order valence-corrected chi connectivity index (χ2v) is 7.91. The fourth-order valence-electron chi connectivity index (χ4n) is 3.15. The van der Waals surface area contributed by atoms with E-state index in [-0.39, 0.29) is 17.9 Å². The minimum absolute atomic E-state index is 0.0868. The first-order valence-corrected chi connectivity index (χ1v) is 10.7. The van der Waals surface area contributed by atoms with Crippen molar-refractivity contribution in [1.29, 1.82) is 0 Å². The predicted molar refractivity (Wildman–Crippen MR) is 114 cm³/mol. The molecule has 2 amide bonds. The standard InChI is InChI=1S/C22H26N2O3S/c1-16-6-4-7-17(12-16)14-28-15-21(25)24-20-10-3-2-9-19(20)22(26)23-13-18-8-5-11-27-18/h2-4,6-7,9-10,12,18H,5,8,11,13-15H2,1H3,(H,23,26)(H,24,25). The number of ether oxygens (including phenoxy) is 1. The van der Waals surface area contributed by atoms with E-state index in [0.717, 1.165) is 25.2 Å². The third-order valence-electron chi connectivity index (χ3n) is 4.54. The molecule has 28 heavy (non-hydrogen) atoms. The van der Waals surface area contributed by atoms with Crippen LogP contribution in [0.4, 0.5) is 5.69 Å². The molecule has 0 bridgehead atoms. The summed E-state index contributed by atoms with van der Waals surface area (Å²) in [7, 11) is 0. The number of hydrogen-bond donors (Lipinski definition) is 2. The highest BCUT2D eigenvalue weighted by atomic mass is 32.2. The molecule has 3 rings (SSSR count). The van der Waals surface area contributed by atoms with E-state index in [9.17, 15) is 9.59 Å². The largest absolute Gasteiger partial charge is 0.376 e. The highest BCUT2D eigenvalue weighted by molar-refractivity contribution is 7.99. The summed E-state index contributed by atoms with van der Waals surface area (Å²) < 4.78 is 5.53. The van der Waals surface area contributed by atoms with Gasteiger partial charge in [-0.1, -0.05) is 42.0 Å². The first-order valence-electron chi connectivity index (χ1n) is 9.54. The van der Waals surface area contributed by atoms with Gasteiger partial charge in [-0.15, -0.1) is 11.8 Å². The molecular formula is C22H26N2O3S. The van der Waals surface area contributed by atoms with Gasteiger partial charge in [0.15, 0.2) is 0 Å². The molecule has 0 spiro atoms. The van der Waals surface area contributed by atoms with E-state index < -0.39 is 0 Å². The van der Waals surface area contributed by atoms with Gasteiger partial charge in [0, 0.05) is 18.9 Å². The van der Waals surface area contributed by atoms with Crippen LogP contribution in [0.2, 0.25) is 0 Å². The van der Waals surface area contributed by atoms with Gasteiger partial charge in [-0.05, 0) is 37.5 Å². The molecule has 148 valence electrons. The topological polar surface area (TPSA) is 67.4 Å². The molecule has 1 unspecified atom stereocenters. The average molecular weight is 399 g/mol. The van der Waals surface area contributed by atoms with Crippen LogP contribution in [0.15, 0.2) is 48.5 Å². The fraction of sp³-hybridized carbons (Fsp3) is 0.364. The number of aryl methyl sites for hydroxylation is 1. The highest BCUT2D eigenvalue weighted by Crippen LogP contribution is 2.18. The lowest BCUT2D eigenvalue weighted by Gasteiger charge is -2.13. The molecule has 0 saturated carbocycles. The van der Waals surface area contributed by atoms with Crippen molar-refractivity contribution >= 4 is 29.3 Å². The van der Waals surface area contributed by atoms with Crippen LogP contribution in [0.5, 0.6) is 0 Å². The minimum Gasteiger partial charge on any atom is -0.376 e. The van der Waals surface area contributed by atoms with Gasteiger partial charge in [0.2, 0.25) is 5.91 Å². The summed E-state index contributed by atoms with van der Waals surface area (Å²) in [6, 6.07) is 15.3. The Hall–Kier alpha value is -2.31. The summed E-state index contributed by atoms with van der Waals surface area (Å²) in [5, 5.41) is 5.77. The zero-order chi connectivity index (χ0) is 19.8. The Morgan fingerprint density at radius 2 is 2.04 bits per heavy atom.